The zero-order chi connectivity index (χ0) is 14.5. The average molecular weight is 269 g/mol. The number of hydrogen-bond donors (Lipinski definition) is 1. The summed E-state index contributed by atoms with van der Waals surface area (Å²) in [5.74, 6) is -0.677. The lowest BCUT2D eigenvalue weighted by Gasteiger charge is -2.08. The summed E-state index contributed by atoms with van der Waals surface area (Å²) in [5.41, 5.74) is 7.32. The van der Waals surface area contributed by atoms with Gasteiger partial charge in [0.2, 0.25) is 0 Å². The van der Waals surface area contributed by atoms with Crippen molar-refractivity contribution >= 4 is 17.4 Å². The zero-order valence-electron chi connectivity index (χ0n) is 11.1. The van der Waals surface area contributed by atoms with E-state index in [1.807, 2.05) is 6.07 Å². The number of esters is 1. The predicted molar refractivity (Wildman–Crippen MR) is 76.7 cm³/mol. The van der Waals surface area contributed by atoms with Gasteiger partial charge in [0, 0.05) is 16.8 Å². The molecular weight excluding hydrogens is 254 g/mol. The summed E-state index contributed by atoms with van der Waals surface area (Å²) in [6.07, 6.45) is 0. The van der Waals surface area contributed by atoms with Gasteiger partial charge in [-0.2, -0.15) is 0 Å². The number of benzene rings is 2. The highest BCUT2D eigenvalue weighted by atomic mass is 16.5. The molecule has 0 aromatic heterocycles. The lowest BCUT2D eigenvalue weighted by molar-refractivity contribution is 0.0526. The van der Waals surface area contributed by atoms with E-state index in [4.69, 9.17) is 10.5 Å². The van der Waals surface area contributed by atoms with Gasteiger partial charge in [-0.1, -0.05) is 30.3 Å². The standard InChI is InChI=1S/C16H15NO3/c1-2-20-16(19)12-8-9-14(17)13(10-12)15(18)11-6-4-3-5-7-11/h3-10H,2,17H2,1H3. The van der Waals surface area contributed by atoms with Crippen LogP contribution in [-0.4, -0.2) is 18.4 Å². The molecule has 0 bridgehead atoms. The second-order valence-corrected chi connectivity index (χ2v) is 4.22. The van der Waals surface area contributed by atoms with Crippen molar-refractivity contribution in [2.24, 2.45) is 0 Å². The molecule has 0 aliphatic heterocycles. The van der Waals surface area contributed by atoms with Crippen LogP contribution in [0.2, 0.25) is 0 Å². The summed E-state index contributed by atoms with van der Waals surface area (Å²) in [5, 5.41) is 0. The number of rotatable bonds is 4. The van der Waals surface area contributed by atoms with Crippen LogP contribution in [0.25, 0.3) is 0 Å². The Labute approximate surface area is 117 Å². The normalized spacial score (nSPS) is 10.1. The van der Waals surface area contributed by atoms with Gasteiger partial charge < -0.3 is 10.5 Å². The largest absolute Gasteiger partial charge is 0.462 e. The predicted octanol–water partition coefficient (Wildman–Crippen LogP) is 2.68. The van der Waals surface area contributed by atoms with Crippen LogP contribution in [0.15, 0.2) is 48.5 Å². The second kappa shape index (κ2) is 6.02. The molecule has 102 valence electrons. The molecule has 0 saturated carbocycles. The Balaban J connectivity index is 2.39. The topological polar surface area (TPSA) is 69.4 Å². The van der Waals surface area contributed by atoms with Crippen molar-refractivity contribution in [3.05, 3.63) is 65.2 Å². The summed E-state index contributed by atoms with van der Waals surface area (Å²) in [4.78, 5) is 24.1. The molecule has 0 aliphatic carbocycles. The lowest BCUT2D eigenvalue weighted by Crippen LogP contribution is -2.10. The van der Waals surface area contributed by atoms with Gasteiger partial charge in [0.25, 0.3) is 0 Å². The monoisotopic (exact) mass is 269 g/mol. The summed E-state index contributed by atoms with van der Waals surface area (Å²) in [6.45, 7) is 2.01. The molecule has 0 amide bonds. The van der Waals surface area contributed by atoms with E-state index in [1.165, 1.54) is 6.07 Å². The number of ether oxygens (including phenoxy) is 1. The number of carbonyl (C=O) groups is 2. The third kappa shape index (κ3) is 2.85. The van der Waals surface area contributed by atoms with E-state index in [1.54, 1.807) is 43.3 Å². The molecule has 0 aliphatic rings. The van der Waals surface area contributed by atoms with Crippen molar-refractivity contribution in [2.45, 2.75) is 6.92 Å². The fraction of sp³-hybridized carbons (Fsp3) is 0.125. The van der Waals surface area contributed by atoms with E-state index >= 15 is 0 Å². The first-order valence-electron chi connectivity index (χ1n) is 6.30. The number of hydrogen-bond acceptors (Lipinski definition) is 4. The van der Waals surface area contributed by atoms with Crippen molar-refractivity contribution in [2.75, 3.05) is 12.3 Å². The van der Waals surface area contributed by atoms with Crippen LogP contribution in [0.5, 0.6) is 0 Å². The number of nitrogen functional groups attached to an aromatic ring is 1. The van der Waals surface area contributed by atoms with Gasteiger partial charge in [0.1, 0.15) is 0 Å². The third-order valence-corrected chi connectivity index (χ3v) is 2.85. The number of nitrogens with two attached hydrogens (primary N) is 1. The Morgan fingerprint density at radius 3 is 2.40 bits per heavy atom. The zero-order valence-corrected chi connectivity index (χ0v) is 11.1. The molecule has 0 heterocycles. The first kappa shape index (κ1) is 13.8. The Hall–Kier alpha value is -2.62. The van der Waals surface area contributed by atoms with Crippen molar-refractivity contribution in [3.63, 3.8) is 0 Å². The van der Waals surface area contributed by atoms with Crippen LogP contribution in [0.3, 0.4) is 0 Å². The summed E-state index contributed by atoms with van der Waals surface area (Å²) in [7, 11) is 0. The summed E-state index contributed by atoms with van der Waals surface area (Å²) in [6, 6.07) is 13.4. The van der Waals surface area contributed by atoms with Gasteiger partial charge in [0.05, 0.1) is 12.2 Å². The Bertz CT molecular complexity index is 635. The van der Waals surface area contributed by atoms with Crippen LogP contribution in [0.1, 0.15) is 33.2 Å². The molecule has 20 heavy (non-hydrogen) atoms. The van der Waals surface area contributed by atoms with Gasteiger partial charge >= 0.3 is 5.97 Å². The summed E-state index contributed by atoms with van der Waals surface area (Å²) < 4.78 is 4.92. The maximum absolute atomic E-state index is 12.4. The molecular formula is C16H15NO3. The molecule has 4 nitrogen and oxygen atoms in total. The fourth-order valence-electron chi connectivity index (χ4n) is 1.84. The minimum absolute atomic E-state index is 0.214. The lowest BCUT2D eigenvalue weighted by atomic mass is 9.99. The average Bonchev–Trinajstić information content (AvgIpc) is 2.48. The quantitative estimate of drug-likeness (QED) is 0.526. The highest BCUT2D eigenvalue weighted by Gasteiger charge is 2.15. The Morgan fingerprint density at radius 2 is 1.75 bits per heavy atom. The fourth-order valence-corrected chi connectivity index (χ4v) is 1.84. The summed E-state index contributed by atoms with van der Waals surface area (Å²) >= 11 is 0. The van der Waals surface area contributed by atoms with Gasteiger partial charge in [-0.25, -0.2) is 4.79 Å². The van der Waals surface area contributed by atoms with Gasteiger partial charge in [-0.15, -0.1) is 0 Å². The van der Waals surface area contributed by atoms with Crippen LogP contribution in [0, 0.1) is 0 Å². The molecule has 0 saturated heterocycles. The van der Waals surface area contributed by atoms with E-state index in [9.17, 15) is 9.59 Å². The first-order valence-corrected chi connectivity index (χ1v) is 6.30. The highest BCUT2D eigenvalue weighted by Crippen LogP contribution is 2.19. The molecule has 0 unspecified atom stereocenters. The van der Waals surface area contributed by atoms with E-state index in [-0.39, 0.29) is 12.4 Å². The van der Waals surface area contributed by atoms with Gasteiger partial charge in [0.15, 0.2) is 5.78 Å². The molecule has 0 radical (unpaired) electrons. The van der Waals surface area contributed by atoms with Crippen molar-refractivity contribution in [1.82, 2.24) is 0 Å². The molecule has 0 fully saturated rings. The molecule has 2 rings (SSSR count). The molecule has 2 aromatic carbocycles. The van der Waals surface area contributed by atoms with Crippen LogP contribution >= 0.6 is 0 Å². The Morgan fingerprint density at radius 1 is 1.05 bits per heavy atom. The molecule has 4 heteroatoms. The maximum Gasteiger partial charge on any atom is 0.338 e. The number of anilines is 1. The number of carbonyl (C=O) groups excluding carboxylic acids is 2. The first-order chi connectivity index (χ1) is 9.63. The SMILES string of the molecule is CCOC(=O)c1ccc(N)c(C(=O)c2ccccc2)c1. The van der Waals surface area contributed by atoms with Crippen molar-refractivity contribution < 1.29 is 14.3 Å². The van der Waals surface area contributed by atoms with E-state index in [0.717, 1.165) is 0 Å². The minimum Gasteiger partial charge on any atom is -0.462 e. The molecule has 0 spiro atoms. The third-order valence-electron chi connectivity index (χ3n) is 2.85. The smallest absolute Gasteiger partial charge is 0.338 e. The Kier molecular flexibility index (Phi) is 4.15. The van der Waals surface area contributed by atoms with E-state index in [2.05, 4.69) is 0 Å². The van der Waals surface area contributed by atoms with Crippen LogP contribution in [0.4, 0.5) is 5.69 Å². The van der Waals surface area contributed by atoms with E-state index < -0.39 is 5.97 Å². The van der Waals surface area contributed by atoms with Gasteiger partial charge in [-0.3, -0.25) is 4.79 Å². The van der Waals surface area contributed by atoms with Crippen LogP contribution in [-0.2, 0) is 4.74 Å². The van der Waals surface area contributed by atoms with Gasteiger partial charge in [-0.05, 0) is 25.1 Å². The molecule has 2 aromatic rings. The van der Waals surface area contributed by atoms with E-state index in [0.29, 0.717) is 22.4 Å². The highest BCUT2D eigenvalue weighted by molar-refractivity contribution is 6.13. The van der Waals surface area contributed by atoms with Crippen LogP contribution < -0.4 is 5.73 Å². The maximum atomic E-state index is 12.4. The molecule has 2 N–H and O–H groups in total. The minimum atomic E-state index is -0.463. The van der Waals surface area contributed by atoms with Crippen molar-refractivity contribution in [1.29, 1.82) is 0 Å². The van der Waals surface area contributed by atoms with Crippen molar-refractivity contribution in [3.8, 4) is 0 Å². The number of ketones is 1. The second-order valence-electron chi connectivity index (χ2n) is 4.22. The molecule has 0 atom stereocenters.